The molecule has 0 fully saturated rings. The summed E-state index contributed by atoms with van der Waals surface area (Å²) in [5.74, 6) is 1.82. The standard InChI is InChI=1S/C20H26/c1-15(2)18-10-12-20(13-11-18)17(4)14-16(3)19-8-6-5-7-9-19/h5-13,15-17H,14H2,1-4H3. The van der Waals surface area contributed by atoms with Crippen molar-refractivity contribution >= 4 is 0 Å². The summed E-state index contributed by atoms with van der Waals surface area (Å²) in [6, 6.07) is 20.0. The van der Waals surface area contributed by atoms with Crippen LogP contribution >= 0.6 is 0 Å². The minimum Gasteiger partial charge on any atom is -0.0622 e. The van der Waals surface area contributed by atoms with Crippen molar-refractivity contribution in [3.63, 3.8) is 0 Å². The van der Waals surface area contributed by atoms with E-state index in [0.29, 0.717) is 17.8 Å². The first kappa shape index (κ1) is 14.8. The molecular formula is C20H26. The van der Waals surface area contributed by atoms with Crippen LogP contribution in [0.4, 0.5) is 0 Å². The van der Waals surface area contributed by atoms with Crippen LogP contribution in [0.3, 0.4) is 0 Å². The summed E-state index contributed by atoms with van der Waals surface area (Å²) in [5.41, 5.74) is 4.33. The maximum absolute atomic E-state index is 2.34. The van der Waals surface area contributed by atoms with E-state index < -0.39 is 0 Å². The van der Waals surface area contributed by atoms with Crippen LogP contribution in [0.15, 0.2) is 54.6 Å². The maximum Gasteiger partial charge on any atom is -0.0185 e. The van der Waals surface area contributed by atoms with Crippen molar-refractivity contribution < 1.29 is 0 Å². The minimum absolute atomic E-state index is 0.603. The zero-order chi connectivity index (χ0) is 14.5. The van der Waals surface area contributed by atoms with Crippen molar-refractivity contribution in [1.82, 2.24) is 0 Å². The van der Waals surface area contributed by atoms with Crippen LogP contribution in [0.25, 0.3) is 0 Å². The van der Waals surface area contributed by atoms with Gasteiger partial charge in [-0.05, 0) is 40.9 Å². The molecule has 0 N–H and O–H groups in total. The molecule has 0 bridgehead atoms. The van der Waals surface area contributed by atoms with Crippen molar-refractivity contribution in [2.75, 3.05) is 0 Å². The molecule has 0 aliphatic rings. The third-order valence-corrected chi connectivity index (χ3v) is 4.25. The van der Waals surface area contributed by atoms with Gasteiger partial charge in [-0.15, -0.1) is 0 Å². The summed E-state index contributed by atoms with van der Waals surface area (Å²) in [5, 5.41) is 0. The van der Waals surface area contributed by atoms with E-state index in [1.807, 2.05) is 0 Å². The molecule has 0 nitrogen and oxygen atoms in total. The highest BCUT2D eigenvalue weighted by atomic mass is 14.2. The molecule has 2 unspecified atom stereocenters. The number of hydrogen-bond donors (Lipinski definition) is 0. The smallest absolute Gasteiger partial charge is 0.0185 e. The molecule has 2 rings (SSSR count). The van der Waals surface area contributed by atoms with Gasteiger partial charge in [0.2, 0.25) is 0 Å². The maximum atomic E-state index is 2.34. The molecule has 2 aromatic rings. The fraction of sp³-hybridized carbons (Fsp3) is 0.400. The second-order valence-electron chi connectivity index (χ2n) is 6.27. The Labute approximate surface area is 123 Å². The molecule has 106 valence electrons. The molecule has 0 amide bonds. The summed E-state index contributed by atoms with van der Waals surface area (Å²) in [6.07, 6.45) is 1.20. The molecule has 0 aliphatic carbocycles. The van der Waals surface area contributed by atoms with E-state index >= 15 is 0 Å². The quantitative estimate of drug-likeness (QED) is 0.612. The lowest BCUT2D eigenvalue weighted by Gasteiger charge is -2.18. The first-order valence-corrected chi connectivity index (χ1v) is 7.72. The SMILES string of the molecule is CC(C)c1ccc(C(C)CC(C)c2ccccc2)cc1. The first-order valence-electron chi connectivity index (χ1n) is 7.72. The predicted molar refractivity (Wildman–Crippen MR) is 88.4 cm³/mol. The Morgan fingerprint density at radius 1 is 0.600 bits per heavy atom. The van der Waals surface area contributed by atoms with Gasteiger partial charge in [0.1, 0.15) is 0 Å². The van der Waals surface area contributed by atoms with Crippen LogP contribution in [0, 0.1) is 0 Å². The molecule has 2 atom stereocenters. The Hall–Kier alpha value is -1.56. The largest absolute Gasteiger partial charge is 0.0622 e. The van der Waals surface area contributed by atoms with E-state index in [4.69, 9.17) is 0 Å². The first-order chi connectivity index (χ1) is 9.58. The van der Waals surface area contributed by atoms with Crippen molar-refractivity contribution in [3.8, 4) is 0 Å². The second kappa shape index (κ2) is 6.74. The highest BCUT2D eigenvalue weighted by molar-refractivity contribution is 5.28. The van der Waals surface area contributed by atoms with E-state index in [0.717, 1.165) is 0 Å². The van der Waals surface area contributed by atoms with E-state index in [1.54, 1.807) is 0 Å². The lowest BCUT2D eigenvalue weighted by atomic mass is 9.86. The highest BCUT2D eigenvalue weighted by Crippen LogP contribution is 2.29. The highest BCUT2D eigenvalue weighted by Gasteiger charge is 2.12. The molecule has 2 aromatic carbocycles. The Bertz CT molecular complexity index is 507. The van der Waals surface area contributed by atoms with Gasteiger partial charge in [-0.25, -0.2) is 0 Å². The topological polar surface area (TPSA) is 0 Å². The molecule has 0 spiro atoms. The van der Waals surface area contributed by atoms with Gasteiger partial charge in [-0.1, -0.05) is 82.3 Å². The molecule has 20 heavy (non-hydrogen) atoms. The number of hydrogen-bond acceptors (Lipinski definition) is 0. The fourth-order valence-electron chi connectivity index (χ4n) is 2.79. The summed E-state index contributed by atoms with van der Waals surface area (Å²) in [6.45, 7) is 9.16. The molecule has 0 saturated heterocycles. The van der Waals surface area contributed by atoms with E-state index in [1.165, 1.54) is 23.1 Å². The fourth-order valence-corrected chi connectivity index (χ4v) is 2.79. The number of benzene rings is 2. The van der Waals surface area contributed by atoms with Crippen LogP contribution in [0.1, 0.15) is 68.6 Å². The van der Waals surface area contributed by atoms with Crippen molar-refractivity contribution in [2.45, 2.75) is 51.9 Å². The minimum atomic E-state index is 0.603. The lowest BCUT2D eigenvalue weighted by Crippen LogP contribution is -2.01. The van der Waals surface area contributed by atoms with Crippen LogP contribution in [-0.4, -0.2) is 0 Å². The van der Waals surface area contributed by atoms with Gasteiger partial charge in [0.05, 0.1) is 0 Å². The molecule has 0 radical (unpaired) electrons. The van der Waals surface area contributed by atoms with E-state index in [9.17, 15) is 0 Å². The Morgan fingerprint density at radius 2 is 1.05 bits per heavy atom. The Kier molecular flexibility index (Phi) is 5.00. The van der Waals surface area contributed by atoms with Crippen molar-refractivity contribution in [1.29, 1.82) is 0 Å². The molecule has 0 heteroatoms. The Morgan fingerprint density at radius 3 is 1.55 bits per heavy atom. The monoisotopic (exact) mass is 266 g/mol. The Balaban J connectivity index is 2.02. The van der Waals surface area contributed by atoms with Gasteiger partial charge in [0.25, 0.3) is 0 Å². The molecule has 0 saturated carbocycles. The summed E-state index contributed by atoms with van der Waals surface area (Å²) < 4.78 is 0. The normalized spacial score (nSPS) is 14.2. The lowest BCUT2D eigenvalue weighted by molar-refractivity contribution is 0.592. The average Bonchev–Trinajstić information content (AvgIpc) is 2.48. The van der Waals surface area contributed by atoms with Crippen LogP contribution < -0.4 is 0 Å². The third-order valence-electron chi connectivity index (χ3n) is 4.25. The van der Waals surface area contributed by atoms with Crippen LogP contribution in [0.2, 0.25) is 0 Å². The van der Waals surface area contributed by atoms with Gasteiger partial charge in [0.15, 0.2) is 0 Å². The number of rotatable bonds is 5. The summed E-state index contributed by atoms with van der Waals surface area (Å²) in [4.78, 5) is 0. The zero-order valence-corrected chi connectivity index (χ0v) is 13.1. The van der Waals surface area contributed by atoms with Crippen molar-refractivity contribution in [2.24, 2.45) is 0 Å². The van der Waals surface area contributed by atoms with Crippen molar-refractivity contribution in [3.05, 3.63) is 71.3 Å². The van der Waals surface area contributed by atoms with Crippen LogP contribution in [0.5, 0.6) is 0 Å². The van der Waals surface area contributed by atoms with Gasteiger partial charge < -0.3 is 0 Å². The summed E-state index contributed by atoms with van der Waals surface area (Å²) >= 11 is 0. The molecular weight excluding hydrogens is 240 g/mol. The van der Waals surface area contributed by atoms with Crippen LogP contribution in [-0.2, 0) is 0 Å². The van der Waals surface area contributed by atoms with Gasteiger partial charge in [0, 0.05) is 0 Å². The third kappa shape index (κ3) is 3.72. The molecule has 0 heterocycles. The molecule has 0 aromatic heterocycles. The molecule has 0 aliphatic heterocycles. The van der Waals surface area contributed by atoms with E-state index in [2.05, 4.69) is 82.3 Å². The zero-order valence-electron chi connectivity index (χ0n) is 13.1. The van der Waals surface area contributed by atoms with Gasteiger partial charge in [-0.3, -0.25) is 0 Å². The second-order valence-corrected chi connectivity index (χ2v) is 6.27. The van der Waals surface area contributed by atoms with Gasteiger partial charge in [-0.2, -0.15) is 0 Å². The van der Waals surface area contributed by atoms with Gasteiger partial charge >= 0.3 is 0 Å². The summed E-state index contributed by atoms with van der Waals surface area (Å²) in [7, 11) is 0. The average molecular weight is 266 g/mol. The predicted octanol–water partition coefficient (Wildman–Crippen LogP) is 6.11. The van der Waals surface area contributed by atoms with E-state index in [-0.39, 0.29) is 0 Å².